The summed E-state index contributed by atoms with van der Waals surface area (Å²) in [5, 5.41) is 12.4. The van der Waals surface area contributed by atoms with E-state index in [4.69, 9.17) is 5.11 Å². The molecule has 1 unspecified atom stereocenters. The first-order valence-corrected chi connectivity index (χ1v) is 7.60. The van der Waals surface area contributed by atoms with Crippen molar-refractivity contribution in [1.29, 1.82) is 0 Å². The number of hydrogen-bond donors (Lipinski definition) is 2. The lowest BCUT2D eigenvalue weighted by atomic mass is 9.95. The highest BCUT2D eigenvalue weighted by Crippen LogP contribution is 2.28. The zero-order valence-corrected chi connectivity index (χ0v) is 12.8. The van der Waals surface area contributed by atoms with Gasteiger partial charge in [-0.15, -0.1) is 0 Å². The normalized spacial score (nSPS) is 19.2. The van der Waals surface area contributed by atoms with Crippen molar-refractivity contribution in [1.82, 2.24) is 9.97 Å². The van der Waals surface area contributed by atoms with Gasteiger partial charge in [0.2, 0.25) is 0 Å². The minimum absolute atomic E-state index is 0.281. The molecule has 0 aliphatic carbocycles. The molecule has 0 radical (unpaired) electrons. The number of aliphatic hydroxyl groups excluding tert-OH is 1. The topological polar surface area (TPSA) is 61.3 Å². The van der Waals surface area contributed by atoms with E-state index in [1.165, 1.54) is 12.8 Å². The lowest BCUT2D eigenvalue weighted by molar-refractivity contribution is 0.244. The Morgan fingerprint density at radius 1 is 1.35 bits per heavy atom. The zero-order valence-electron chi connectivity index (χ0n) is 12.8. The van der Waals surface area contributed by atoms with E-state index in [0.717, 1.165) is 49.1 Å². The van der Waals surface area contributed by atoms with Crippen LogP contribution in [0.5, 0.6) is 0 Å². The van der Waals surface area contributed by atoms with Gasteiger partial charge in [0.05, 0.1) is 0 Å². The molecule has 1 fully saturated rings. The quantitative estimate of drug-likeness (QED) is 0.864. The van der Waals surface area contributed by atoms with Crippen LogP contribution in [-0.2, 0) is 0 Å². The van der Waals surface area contributed by atoms with Gasteiger partial charge < -0.3 is 15.3 Å². The van der Waals surface area contributed by atoms with Crippen LogP contribution in [0.25, 0.3) is 0 Å². The fourth-order valence-electron chi connectivity index (χ4n) is 2.94. The predicted octanol–water partition coefficient (Wildman–Crippen LogP) is 2.12. The second kappa shape index (κ2) is 6.88. The van der Waals surface area contributed by atoms with Crippen molar-refractivity contribution >= 4 is 11.6 Å². The molecular formula is C15H26N4O. The van der Waals surface area contributed by atoms with Gasteiger partial charge in [-0.25, -0.2) is 9.97 Å². The second-order valence-electron chi connectivity index (χ2n) is 5.56. The van der Waals surface area contributed by atoms with Gasteiger partial charge in [-0.3, -0.25) is 0 Å². The van der Waals surface area contributed by atoms with Gasteiger partial charge in [0.25, 0.3) is 0 Å². The molecule has 112 valence electrons. The zero-order chi connectivity index (χ0) is 14.5. The molecule has 1 aliphatic heterocycles. The van der Waals surface area contributed by atoms with Gasteiger partial charge in [-0.1, -0.05) is 0 Å². The van der Waals surface area contributed by atoms with E-state index in [1.54, 1.807) is 0 Å². The Morgan fingerprint density at radius 3 is 2.85 bits per heavy atom. The van der Waals surface area contributed by atoms with E-state index >= 15 is 0 Å². The molecule has 2 heterocycles. The molecule has 2 rings (SSSR count). The molecule has 0 amide bonds. The molecular weight excluding hydrogens is 252 g/mol. The molecule has 2 N–H and O–H groups in total. The first kappa shape index (κ1) is 15.0. The largest absolute Gasteiger partial charge is 0.396 e. The van der Waals surface area contributed by atoms with E-state index in [9.17, 15) is 0 Å². The molecule has 0 bridgehead atoms. The summed E-state index contributed by atoms with van der Waals surface area (Å²) < 4.78 is 0. The Bertz CT molecular complexity index is 448. The van der Waals surface area contributed by atoms with Gasteiger partial charge in [-0.05, 0) is 46.0 Å². The summed E-state index contributed by atoms with van der Waals surface area (Å²) in [6, 6.07) is 0. The van der Waals surface area contributed by atoms with E-state index in [0.29, 0.717) is 5.92 Å². The Kier molecular flexibility index (Phi) is 5.17. The molecule has 5 heteroatoms. The standard InChI is InChI=1S/C15H26N4O/c1-4-16-14-11(2)15(18-12(3)17-14)19-8-5-6-13(10-19)7-9-20/h13,20H,4-10H2,1-3H3,(H,16,17,18). The number of piperidine rings is 1. The van der Waals surface area contributed by atoms with Crippen LogP contribution in [0.2, 0.25) is 0 Å². The summed E-state index contributed by atoms with van der Waals surface area (Å²) in [6.07, 6.45) is 3.27. The maximum Gasteiger partial charge on any atom is 0.137 e. The molecule has 0 spiro atoms. The lowest BCUT2D eigenvalue weighted by Gasteiger charge is -2.34. The Hall–Kier alpha value is -1.36. The van der Waals surface area contributed by atoms with Crippen molar-refractivity contribution in [3.8, 4) is 0 Å². The minimum atomic E-state index is 0.281. The first-order chi connectivity index (χ1) is 9.65. The highest BCUT2D eigenvalue weighted by Gasteiger charge is 2.23. The van der Waals surface area contributed by atoms with Gasteiger partial charge in [-0.2, -0.15) is 0 Å². The molecule has 0 aromatic carbocycles. The van der Waals surface area contributed by atoms with Gasteiger partial charge >= 0.3 is 0 Å². The molecule has 1 aromatic rings. The van der Waals surface area contributed by atoms with Crippen molar-refractivity contribution in [2.24, 2.45) is 5.92 Å². The third kappa shape index (κ3) is 3.39. The van der Waals surface area contributed by atoms with E-state index < -0.39 is 0 Å². The molecule has 1 aromatic heterocycles. The molecule has 1 saturated heterocycles. The summed E-state index contributed by atoms with van der Waals surface area (Å²) in [6.45, 7) is 9.29. The summed E-state index contributed by atoms with van der Waals surface area (Å²) in [5.41, 5.74) is 1.13. The molecule has 20 heavy (non-hydrogen) atoms. The van der Waals surface area contributed by atoms with Crippen molar-refractivity contribution < 1.29 is 5.11 Å². The van der Waals surface area contributed by atoms with Gasteiger partial charge in [0, 0.05) is 31.8 Å². The second-order valence-corrected chi connectivity index (χ2v) is 5.56. The maximum atomic E-state index is 9.13. The highest BCUT2D eigenvalue weighted by molar-refractivity contribution is 5.58. The summed E-state index contributed by atoms with van der Waals surface area (Å²) >= 11 is 0. The SMILES string of the molecule is CCNc1nc(C)nc(N2CCCC(CCO)C2)c1C. The maximum absolute atomic E-state index is 9.13. The first-order valence-electron chi connectivity index (χ1n) is 7.60. The number of nitrogens with zero attached hydrogens (tertiary/aromatic N) is 3. The van der Waals surface area contributed by atoms with Crippen LogP contribution in [0, 0.1) is 19.8 Å². The number of aryl methyl sites for hydroxylation is 1. The van der Waals surface area contributed by atoms with E-state index in [1.807, 2.05) is 6.92 Å². The molecule has 5 nitrogen and oxygen atoms in total. The fraction of sp³-hybridized carbons (Fsp3) is 0.733. The fourth-order valence-corrected chi connectivity index (χ4v) is 2.94. The number of aliphatic hydroxyl groups is 1. The number of anilines is 2. The predicted molar refractivity (Wildman–Crippen MR) is 82.3 cm³/mol. The van der Waals surface area contributed by atoms with Crippen LogP contribution >= 0.6 is 0 Å². The highest BCUT2D eigenvalue weighted by atomic mass is 16.3. The minimum Gasteiger partial charge on any atom is -0.396 e. The average Bonchev–Trinajstić information content (AvgIpc) is 2.43. The lowest BCUT2D eigenvalue weighted by Crippen LogP contribution is -2.37. The van der Waals surface area contributed by atoms with Gasteiger partial charge in [0.1, 0.15) is 17.5 Å². The summed E-state index contributed by atoms with van der Waals surface area (Å²) in [4.78, 5) is 11.5. The van der Waals surface area contributed by atoms with Crippen LogP contribution in [0.3, 0.4) is 0 Å². The Labute approximate surface area is 121 Å². The van der Waals surface area contributed by atoms with Crippen LogP contribution in [0.4, 0.5) is 11.6 Å². The van der Waals surface area contributed by atoms with Gasteiger partial charge in [0.15, 0.2) is 0 Å². The van der Waals surface area contributed by atoms with Crippen LogP contribution in [0.1, 0.15) is 37.6 Å². The number of aromatic nitrogens is 2. The van der Waals surface area contributed by atoms with Crippen molar-refractivity contribution in [2.45, 2.75) is 40.0 Å². The molecule has 1 aliphatic rings. The Morgan fingerprint density at radius 2 is 2.15 bits per heavy atom. The summed E-state index contributed by atoms with van der Waals surface area (Å²) in [7, 11) is 0. The average molecular weight is 278 g/mol. The number of hydrogen-bond acceptors (Lipinski definition) is 5. The van der Waals surface area contributed by atoms with E-state index in [-0.39, 0.29) is 6.61 Å². The monoisotopic (exact) mass is 278 g/mol. The van der Waals surface area contributed by atoms with Crippen LogP contribution in [-0.4, -0.2) is 41.3 Å². The smallest absolute Gasteiger partial charge is 0.137 e. The van der Waals surface area contributed by atoms with Crippen LogP contribution in [0.15, 0.2) is 0 Å². The molecule has 1 atom stereocenters. The van der Waals surface area contributed by atoms with Crippen molar-refractivity contribution in [2.75, 3.05) is 36.5 Å². The van der Waals surface area contributed by atoms with Crippen LogP contribution < -0.4 is 10.2 Å². The third-order valence-corrected chi connectivity index (χ3v) is 3.93. The Balaban J connectivity index is 2.22. The van der Waals surface area contributed by atoms with Crippen molar-refractivity contribution in [3.63, 3.8) is 0 Å². The summed E-state index contributed by atoms with van der Waals surface area (Å²) in [5.74, 6) is 3.38. The molecule has 0 saturated carbocycles. The number of rotatable bonds is 5. The number of nitrogens with one attached hydrogen (secondary N) is 1. The van der Waals surface area contributed by atoms with Crippen molar-refractivity contribution in [3.05, 3.63) is 11.4 Å². The van der Waals surface area contributed by atoms with E-state index in [2.05, 4.69) is 34.0 Å². The third-order valence-electron chi connectivity index (χ3n) is 3.93.